The summed E-state index contributed by atoms with van der Waals surface area (Å²) in [4.78, 5) is 40.7. The van der Waals surface area contributed by atoms with Crippen molar-refractivity contribution in [2.45, 2.75) is 23.8 Å². The van der Waals surface area contributed by atoms with Gasteiger partial charge in [-0.2, -0.15) is 0 Å². The Morgan fingerprint density at radius 3 is 2.24 bits per heavy atom. The Morgan fingerprint density at radius 1 is 0.941 bits per heavy atom. The first-order valence-electron chi connectivity index (χ1n) is 10.9. The van der Waals surface area contributed by atoms with Crippen molar-refractivity contribution in [3.8, 4) is 0 Å². The average Bonchev–Trinajstić information content (AvgIpc) is 3.03. The number of sulfonamides is 1. The number of hydrogen-bond acceptors (Lipinski definition) is 5. The molecule has 0 radical (unpaired) electrons. The van der Waals surface area contributed by atoms with Crippen LogP contribution in [0.3, 0.4) is 0 Å². The highest BCUT2D eigenvalue weighted by Crippen LogP contribution is 2.37. The molecule has 10 heteroatoms. The van der Waals surface area contributed by atoms with Crippen molar-refractivity contribution in [2.75, 3.05) is 17.8 Å². The summed E-state index contributed by atoms with van der Waals surface area (Å²) < 4.78 is 41.3. The Morgan fingerprint density at radius 2 is 1.59 bits per heavy atom. The van der Waals surface area contributed by atoms with E-state index in [0.29, 0.717) is 12.8 Å². The van der Waals surface area contributed by atoms with Crippen molar-refractivity contribution in [3.63, 3.8) is 0 Å². The quantitative estimate of drug-likeness (QED) is 0.520. The third kappa shape index (κ3) is 3.77. The van der Waals surface area contributed by atoms with E-state index >= 15 is 0 Å². The standard InChI is InChI=1S/C24H22FN3O5S/c25-20-10-3-4-11-21(20)34(32,33)26-16-7-5-6-15(12-16)22(29)27-13-17(14-27)28-23(30)18-8-1-2-9-19(18)24(28)31/h1-7,10-12,17-19,26H,8-9,13-14H2. The molecule has 0 saturated carbocycles. The number of nitrogens with one attached hydrogen (secondary N) is 1. The van der Waals surface area contributed by atoms with Crippen molar-refractivity contribution < 1.29 is 27.2 Å². The normalized spacial score (nSPS) is 22.5. The number of halogens is 1. The molecule has 2 aliphatic heterocycles. The van der Waals surface area contributed by atoms with Gasteiger partial charge in [-0.15, -0.1) is 0 Å². The van der Waals surface area contributed by atoms with Gasteiger partial charge in [0.1, 0.15) is 10.7 Å². The van der Waals surface area contributed by atoms with Crippen LogP contribution in [-0.2, 0) is 19.6 Å². The molecule has 2 saturated heterocycles. The number of imide groups is 1. The Bertz CT molecular complexity index is 1290. The van der Waals surface area contributed by atoms with Crippen LogP contribution in [0.4, 0.5) is 10.1 Å². The molecule has 0 aromatic heterocycles. The Hall–Kier alpha value is -3.53. The van der Waals surface area contributed by atoms with Gasteiger partial charge in [0.25, 0.3) is 15.9 Å². The number of fused-ring (bicyclic) bond motifs is 1. The summed E-state index contributed by atoms with van der Waals surface area (Å²) in [6, 6.07) is 10.6. The molecular formula is C24H22FN3O5S. The second-order valence-electron chi connectivity index (χ2n) is 8.68. The van der Waals surface area contributed by atoms with Crippen LogP contribution in [0.25, 0.3) is 0 Å². The fourth-order valence-electron chi connectivity index (χ4n) is 4.74. The number of carbonyl (C=O) groups is 3. The van der Waals surface area contributed by atoms with Crippen LogP contribution in [-0.4, -0.2) is 55.1 Å². The maximum atomic E-state index is 13.9. The minimum atomic E-state index is -4.18. The molecule has 2 atom stereocenters. The molecule has 2 aromatic carbocycles. The zero-order valence-corrected chi connectivity index (χ0v) is 18.9. The number of nitrogens with zero attached hydrogens (tertiary/aromatic N) is 2. The SMILES string of the molecule is O=C(c1cccc(NS(=O)(=O)c2ccccc2F)c1)N1CC(N2C(=O)C3CC=CCC3C2=O)C1. The van der Waals surface area contributed by atoms with Gasteiger partial charge in [0.15, 0.2) is 0 Å². The molecule has 2 aromatic rings. The zero-order chi connectivity index (χ0) is 24.0. The van der Waals surface area contributed by atoms with Gasteiger partial charge in [-0.1, -0.05) is 30.4 Å². The lowest BCUT2D eigenvalue weighted by Gasteiger charge is -2.43. The first-order chi connectivity index (χ1) is 16.3. The number of hydrogen-bond donors (Lipinski definition) is 1. The molecule has 3 aliphatic rings. The lowest BCUT2D eigenvalue weighted by Crippen LogP contribution is -2.62. The monoisotopic (exact) mass is 483 g/mol. The van der Waals surface area contributed by atoms with E-state index in [-0.39, 0.29) is 59.9 Å². The first kappa shape index (κ1) is 22.3. The van der Waals surface area contributed by atoms with Gasteiger partial charge in [0, 0.05) is 24.3 Å². The van der Waals surface area contributed by atoms with Crippen LogP contribution in [0.1, 0.15) is 23.2 Å². The fourth-order valence-corrected chi connectivity index (χ4v) is 5.87. The average molecular weight is 484 g/mol. The van der Waals surface area contributed by atoms with Gasteiger partial charge in [-0.05, 0) is 43.2 Å². The predicted octanol–water partition coefficient (Wildman–Crippen LogP) is 2.40. The Balaban J connectivity index is 1.26. The topological polar surface area (TPSA) is 104 Å². The molecule has 0 bridgehead atoms. The third-order valence-corrected chi connectivity index (χ3v) is 7.96. The van der Waals surface area contributed by atoms with E-state index in [0.717, 1.165) is 12.1 Å². The third-order valence-electron chi connectivity index (χ3n) is 6.54. The van der Waals surface area contributed by atoms with Gasteiger partial charge in [-0.25, -0.2) is 12.8 Å². The highest BCUT2D eigenvalue weighted by molar-refractivity contribution is 7.92. The summed E-state index contributed by atoms with van der Waals surface area (Å²) in [6.45, 7) is 0.461. The number of allylic oxidation sites excluding steroid dienone is 2. The molecule has 5 rings (SSSR count). The van der Waals surface area contributed by atoms with Gasteiger partial charge in [0.2, 0.25) is 11.8 Å². The van der Waals surface area contributed by atoms with E-state index in [1.165, 1.54) is 40.1 Å². The van der Waals surface area contributed by atoms with E-state index in [1.54, 1.807) is 6.07 Å². The second kappa shape index (κ2) is 8.35. The predicted molar refractivity (Wildman–Crippen MR) is 121 cm³/mol. The Labute approximate surface area is 196 Å². The lowest BCUT2D eigenvalue weighted by molar-refractivity contribution is -0.145. The first-order valence-corrected chi connectivity index (χ1v) is 12.4. The van der Waals surface area contributed by atoms with E-state index in [9.17, 15) is 27.2 Å². The molecule has 8 nitrogen and oxygen atoms in total. The van der Waals surface area contributed by atoms with Crippen molar-refractivity contribution in [1.29, 1.82) is 0 Å². The fraction of sp³-hybridized carbons (Fsp3) is 0.292. The maximum Gasteiger partial charge on any atom is 0.264 e. The van der Waals surface area contributed by atoms with Gasteiger partial charge in [0.05, 0.1) is 17.9 Å². The molecule has 176 valence electrons. The van der Waals surface area contributed by atoms with E-state index < -0.39 is 20.7 Å². The van der Waals surface area contributed by atoms with E-state index in [2.05, 4.69) is 4.72 Å². The van der Waals surface area contributed by atoms with Gasteiger partial charge in [-0.3, -0.25) is 24.0 Å². The molecule has 2 heterocycles. The number of benzene rings is 2. The lowest BCUT2D eigenvalue weighted by atomic mass is 9.85. The van der Waals surface area contributed by atoms with Gasteiger partial charge >= 0.3 is 0 Å². The summed E-state index contributed by atoms with van der Waals surface area (Å²) in [5, 5.41) is 0. The molecule has 3 amide bonds. The molecular weight excluding hydrogens is 461 g/mol. The largest absolute Gasteiger partial charge is 0.334 e. The van der Waals surface area contributed by atoms with E-state index in [1.807, 2.05) is 12.2 Å². The summed E-state index contributed by atoms with van der Waals surface area (Å²) in [7, 11) is -4.18. The van der Waals surface area contributed by atoms with Crippen molar-refractivity contribution in [2.24, 2.45) is 11.8 Å². The maximum absolute atomic E-state index is 13.9. The summed E-state index contributed by atoms with van der Waals surface area (Å²) in [5.74, 6) is -2.17. The smallest absolute Gasteiger partial charge is 0.264 e. The highest BCUT2D eigenvalue weighted by Gasteiger charge is 2.52. The minimum absolute atomic E-state index is 0.118. The molecule has 34 heavy (non-hydrogen) atoms. The molecule has 0 spiro atoms. The summed E-state index contributed by atoms with van der Waals surface area (Å²) in [5.41, 5.74) is 0.358. The van der Waals surface area contributed by atoms with Crippen molar-refractivity contribution >= 4 is 33.4 Å². The van der Waals surface area contributed by atoms with E-state index in [4.69, 9.17) is 0 Å². The summed E-state index contributed by atoms with van der Waals surface area (Å²) >= 11 is 0. The van der Waals surface area contributed by atoms with Crippen LogP contribution in [0.5, 0.6) is 0 Å². The summed E-state index contributed by atoms with van der Waals surface area (Å²) in [6.07, 6.45) is 4.99. The van der Waals surface area contributed by atoms with Crippen LogP contribution in [0, 0.1) is 17.7 Å². The number of carbonyl (C=O) groups excluding carboxylic acids is 3. The second-order valence-corrected chi connectivity index (χ2v) is 10.3. The highest BCUT2D eigenvalue weighted by atomic mass is 32.2. The van der Waals surface area contributed by atoms with Crippen molar-refractivity contribution in [1.82, 2.24) is 9.80 Å². The number of likely N-dealkylation sites (tertiary alicyclic amines) is 2. The molecule has 2 fully saturated rings. The molecule has 1 aliphatic carbocycles. The van der Waals surface area contributed by atoms with Crippen molar-refractivity contribution in [3.05, 3.63) is 72.1 Å². The molecule has 2 unspecified atom stereocenters. The zero-order valence-electron chi connectivity index (χ0n) is 18.1. The minimum Gasteiger partial charge on any atom is -0.334 e. The van der Waals surface area contributed by atoms with Crippen LogP contribution in [0.2, 0.25) is 0 Å². The Kier molecular flexibility index (Phi) is 5.47. The van der Waals surface area contributed by atoms with Crippen LogP contribution in [0.15, 0.2) is 65.6 Å². The van der Waals surface area contributed by atoms with Crippen LogP contribution >= 0.6 is 0 Å². The number of rotatable bonds is 5. The number of amides is 3. The molecule has 1 N–H and O–H groups in total. The van der Waals surface area contributed by atoms with Crippen LogP contribution < -0.4 is 4.72 Å². The van der Waals surface area contributed by atoms with Gasteiger partial charge < -0.3 is 4.90 Å². The number of anilines is 1.